The Hall–Kier alpha value is -2.44. The van der Waals surface area contributed by atoms with Gasteiger partial charge in [0.25, 0.3) is 0 Å². The Balaban J connectivity index is 1.31. The Morgan fingerprint density at radius 3 is 2.54 bits per heavy atom. The van der Waals surface area contributed by atoms with E-state index in [9.17, 15) is 4.79 Å². The average molecular weight is 413 g/mol. The standard InChI is InChI=1S/C21H21ClN4OS/c22-17-5-3-15(4-6-17)19-7-8-20(25-24-19)26-11-9-16(10-12-26)21(27)23-14-18-2-1-13-28-18/h1-8,13,16H,9-12,14H2,(H,23,27). The predicted molar refractivity (Wildman–Crippen MR) is 114 cm³/mol. The molecular formula is C21H21ClN4OS. The molecule has 0 radical (unpaired) electrons. The molecule has 1 fully saturated rings. The van der Waals surface area contributed by atoms with E-state index in [0.717, 1.165) is 43.0 Å². The Bertz CT molecular complexity index is 905. The second-order valence-electron chi connectivity index (χ2n) is 6.84. The van der Waals surface area contributed by atoms with E-state index in [1.54, 1.807) is 11.3 Å². The number of hydrogen-bond acceptors (Lipinski definition) is 5. The summed E-state index contributed by atoms with van der Waals surface area (Å²) >= 11 is 7.60. The van der Waals surface area contributed by atoms with Crippen molar-refractivity contribution in [3.05, 3.63) is 63.8 Å². The fourth-order valence-corrected chi connectivity index (χ4v) is 4.14. The van der Waals surface area contributed by atoms with Crippen LogP contribution in [0, 0.1) is 5.92 Å². The van der Waals surface area contributed by atoms with Gasteiger partial charge in [0.1, 0.15) is 0 Å². The third-order valence-electron chi connectivity index (χ3n) is 5.00. The van der Waals surface area contributed by atoms with Crippen molar-refractivity contribution in [2.75, 3.05) is 18.0 Å². The molecular weight excluding hydrogens is 392 g/mol. The summed E-state index contributed by atoms with van der Waals surface area (Å²) in [6, 6.07) is 15.6. The maximum atomic E-state index is 12.4. The highest BCUT2D eigenvalue weighted by Crippen LogP contribution is 2.24. The van der Waals surface area contributed by atoms with Crippen molar-refractivity contribution >= 4 is 34.7 Å². The van der Waals surface area contributed by atoms with Crippen LogP contribution in [-0.2, 0) is 11.3 Å². The van der Waals surface area contributed by atoms with Gasteiger partial charge in [-0.05, 0) is 48.6 Å². The molecule has 0 atom stereocenters. The molecule has 3 heterocycles. The first-order chi connectivity index (χ1) is 13.7. The maximum absolute atomic E-state index is 12.4. The highest BCUT2D eigenvalue weighted by Gasteiger charge is 2.25. The second-order valence-corrected chi connectivity index (χ2v) is 8.31. The summed E-state index contributed by atoms with van der Waals surface area (Å²) < 4.78 is 0. The largest absolute Gasteiger partial charge is 0.355 e. The molecule has 1 aliphatic rings. The van der Waals surface area contributed by atoms with E-state index in [-0.39, 0.29) is 11.8 Å². The molecule has 1 N–H and O–H groups in total. The third kappa shape index (κ3) is 4.51. The number of hydrogen-bond donors (Lipinski definition) is 1. The molecule has 0 spiro atoms. The van der Waals surface area contributed by atoms with Crippen LogP contribution in [0.15, 0.2) is 53.9 Å². The molecule has 1 amide bonds. The maximum Gasteiger partial charge on any atom is 0.223 e. The van der Waals surface area contributed by atoms with E-state index in [1.165, 1.54) is 4.88 Å². The second kappa shape index (κ2) is 8.71. The van der Waals surface area contributed by atoms with Gasteiger partial charge in [0, 0.05) is 34.5 Å². The topological polar surface area (TPSA) is 58.1 Å². The monoisotopic (exact) mass is 412 g/mol. The van der Waals surface area contributed by atoms with E-state index in [4.69, 9.17) is 11.6 Å². The molecule has 0 saturated carbocycles. The lowest BCUT2D eigenvalue weighted by atomic mass is 9.96. The van der Waals surface area contributed by atoms with Crippen molar-refractivity contribution in [3.8, 4) is 11.3 Å². The van der Waals surface area contributed by atoms with Gasteiger partial charge < -0.3 is 10.2 Å². The molecule has 2 aromatic heterocycles. The molecule has 0 bridgehead atoms. The first-order valence-electron chi connectivity index (χ1n) is 9.34. The molecule has 28 heavy (non-hydrogen) atoms. The summed E-state index contributed by atoms with van der Waals surface area (Å²) in [5.74, 6) is 1.07. The smallest absolute Gasteiger partial charge is 0.223 e. The van der Waals surface area contributed by atoms with Crippen LogP contribution in [0.3, 0.4) is 0 Å². The molecule has 0 aliphatic carbocycles. The molecule has 0 unspecified atom stereocenters. The SMILES string of the molecule is O=C(NCc1cccs1)C1CCN(c2ccc(-c3ccc(Cl)cc3)nn2)CC1. The predicted octanol–water partition coefficient (Wildman–Crippen LogP) is 4.39. The summed E-state index contributed by atoms with van der Waals surface area (Å²) in [5, 5.41) is 14.5. The minimum absolute atomic E-state index is 0.0671. The number of nitrogens with zero attached hydrogens (tertiary/aromatic N) is 3. The van der Waals surface area contributed by atoms with Crippen LogP contribution in [0.5, 0.6) is 0 Å². The Morgan fingerprint density at radius 1 is 1.11 bits per heavy atom. The van der Waals surface area contributed by atoms with E-state index >= 15 is 0 Å². The van der Waals surface area contributed by atoms with Gasteiger partial charge in [-0.15, -0.1) is 21.5 Å². The van der Waals surface area contributed by atoms with E-state index in [0.29, 0.717) is 11.6 Å². The molecule has 4 rings (SSSR count). The van der Waals surface area contributed by atoms with Crippen molar-refractivity contribution < 1.29 is 4.79 Å². The quantitative estimate of drug-likeness (QED) is 0.675. The minimum Gasteiger partial charge on any atom is -0.355 e. The van der Waals surface area contributed by atoms with Crippen molar-refractivity contribution in [3.63, 3.8) is 0 Å². The fourth-order valence-electron chi connectivity index (χ4n) is 3.37. The van der Waals surface area contributed by atoms with Gasteiger partial charge in [-0.2, -0.15) is 0 Å². The summed E-state index contributed by atoms with van der Waals surface area (Å²) in [6.07, 6.45) is 1.66. The first-order valence-corrected chi connectivity index (χ1v) is 10.6. The number of amides is 1. The minimum atomic E-state index is 0.0671. The first kappa shape index (κ1) is 18.9. The molecule has 1 aromatic carbocycles. The van der Waals surface area contributed by atoms with Gasteiger partial charge in [0.2, 0.25) is 5.91 Å². The van der Waals surface area contributed by atoms with Crippen molar-refractivity contribution in [1.82, 2.24) is 15.5 Å². The summed E-state index contributed by atoms with van der Waals surface area (Å²) in [7, 11) is 0. The molecule has 7 heteroatoms. The van der Waals surface area contributed by atoms with Crippen LogP contribution in [-0.4, -0.2) is 29.2 Å². The zero-order chi connectivity index (χ0) is 19.3. The number of nitrogens with one attached hydrogen (secondary N) is 1. The van der Waals surface area contributed by atoms with Gasteiger partial charge in [-0.3, -0.25) is 4.79 Å². The van der Waals surface area contributed by atoms with E-state index in [1.807, 2.05) is 53.9 Å². The number of thiophene rings is 1. The zero-order valence-corrected chi connectivity index (χ0v) is 16.9. The number of anilines is 1. The van der Waals surface area contributed by atoms with Gasteiger partial charge in [-0.25, -0.2) is 0 Å². The Morgan fingerprint density at radius 2 is 1.89 bits per heavy atom. The Kier molecular flexibility index (Phi) is 5.88. The molecule has 3 aromatic rings. The van der Waals surface area contributed by atoms with Crippen LogP contribution in [0.25, 0.3) is 11.3 Å². The van der Waals surface area contributed by atoms with Crippen LogP contribution >= 0.6 is 22.9 Å². The van der Waals surface area contributed by atoms with Crippen molar-refractivity contribution in [2.24, 2.45) is 5.92 Å². The molecule has 144 valence electrons. The van der Waals surface area contributed by atoms with E-state index < -0.39 is 0 Å². The lowest BCUT2D eigenvalue weighted by Crippen LogP contribution is -2.40. The highest BCUT2D eigenvalue weighted by atomic mass is 35.5. The molecule has 5 nitrogen and oxygen atoms in total. The number of rotatable bonds is 5. The number of carbonyl (C=O) groups is 1. The molecule has 1 aliphatic heterocycles. The van der Waals surface area contributed by atoms with Crippen LogP contribution in [0.1, 0.15) is 17.7 Å². The number of carbonyl (C=O) groups excluding carboxylic acids is 1. The van der Waals surface area contributed by atoms with Crippen molar-refractivity contribution in [1.29, 1.82) is 0 Å². The number of aromatic nitrogens is 2. The molecule has 1 saturated heterocycles. The van der Waals surface area contributed by atoms with Crippen LogP contribution < -0.4 is 10.2 Å². The van der Waals surface area contributed by atoms with Gasteiger partial charge in [0.05, 0.1) is 12.2 Å². The third-order valence-corrected chi connectivity index (χ3v) is 6.13. The summed E-state index contributed by atoms with van der Waals surface area (Å²) in [6.45, 7) is 2.24. The average Bonchev–Trinajstić information content (AvgIpc) is 3.27. The lowest BCUT2D eigenvalue weighted by Gasteiger charge is -2.31. The summed E-state index contributed by atoms with van der Waals surface area (Å²) in [4.78, 5) is 15.8. The van der Waals surface area contributed by atoms with Gasteiger partial charge in [0.15, 0.2) is 5.82 Å². The van der Waals surface area contributed by atoms with Crippen LogP contribution in [0.2, 0.25) is 5.02 Å². The number of halogens is 1. The highest BCUT2D eigenvalue weighted by molar-refractivity contribution is 7.09. The fraction of sp³-hybridized carbons (Fsp3) is 0.286. The van der Waals surface area contributed by atoms with Crippen LogP contribution in [0.4, 0.5) is 5.82 Å². The number of benzene rings is 1. The van der Waals surface area contributed by atoms with E-state index in [2.05, 4.69) is 20.4 Å². The van der Waals surface area contributed by atoms with Gasteiger partial charge in [-0.1, -0.05) is 29.8 Å². The van der Waals surface area contributed by atoms with Crippen molar-refractivity contribution in [2.45, 2.75) is 19.4 Å². The normalized spacial score (nSPS) is 14.8. The lowest BCUT2D eigenvalue weighted by molar-refractivity contribution is -0.125. The number of piperidine rings is 1. The van der Waals surface area contributed by atoms with Gasteiger partial charge >= 0.3 is 0 Å². The zero-order valence-electron chi connectivity index (χ0n) is 15.3. The Labute approximate surface area is 173 Å². The summed E-state index contributed by atoms with van der Waals surface area (Å²) in [5.41, 5.74) is 1.81.